The Labute approximate surface area is 134 Å². The molecular weight excluding hydrogens is 294 g/mol. The second kappa shape index (κ2) is 7.73. The largest absolute Gasteiger partial charge is 0.420 e. The standard InChI is InChI=1S/C16H35NO2Si2/c1-5-15(17-6-2)21(13-9-10-16(3,4)19-21)14-20-12-8-7-11-18-20/h15,17,20H,5-14H2,1-4H3. The normalized spacial score (nSPS) is 34.6. The van der Waals surface area contributed by atoms with E-state index >= 15 is 0 Å². The SMILES string of the molecule is CCNC(CC)[Si]1(C[SiH]2CCCCO2)CCCC(C)(C)O1. The van der Waals surface area contributed by atoms with Crippen molar-refractivity contribution in [2.75, 3.05) is 13.2 Å². The highest BCUT2D eigenvalue weighted by molar-refractivity contribution is 6.85. The summed E-state index contributed by atoms with van der Waals surface area (Å²) in [5, 5.41) is 3.77. The van der Waals surface area contributed by atoms with Crippen molar-refractivity contribution in [2.45, 2.75) is 88.8 Å². The Hall–Kier alpha value is 0.314. The van der Waals surface area contributed by atoms with E-state index < -0.39 is 17.4 Å². The third-order valence-electron chi connectivity index (χ3n) is 5.20. The Morgan fingerprint density at radius 2 is 2.05 bits per heavy atom. The van der Waals surface area contributed by atoms with Gasteiger partial charge in [0.2, 0.25) is 8.32 Å². The van der Waals surface area contributed by atoms with Gasteiger partial charge in [0.25, 0.3) is 0 Å². The summed E-state index contributed by atoms with van der Waals surface area (Å²) in [6.45, 7) is 11.2. The molecule has 3 atom stereocenters. The Kier molecular flexibility index (Phi) is 6.50. The molecule has 124 valence electrons. The van der Waals surface area contributed by atoms with Crippen molar-refractivity contribution in [2.24, 2.45) is 0 Å². The molecule has 21 heavy (non-hydrogen) atoms. The lowest BCUT2D eigenvalue weighted by Gasteiger charge is -2.49. The van der Waals surface area contributed by atoms with Gasteiger partial charge in [-0.1, -0.05) is 26.7 Å². The molecule has 0 aliphatic carbocycles. The first-order valence-corrected chi connectivity index (χ1v) is 13.6. The van der Waals surface area contributed by atoms with E-state index in [0.29, 0.717) is 5.67 Å². The van der Waals surface area contributed by atoms with Gasteiger partial charge in [-0.3, -0.25) is 0 Å². The minimum atomic E-state index is -1.73. The van der Waals surface area contributed by atoms with Crippen molar-refractivity contribution in [1.29, 1.82) is 0 Å². The lowest BCUT2D eigenvalue weighted by molar-refractivity contribution is 0.0636. The maximum absolute atomic E-state index is 6.90. The predicted molar refractivity (Wildman–Crippen MR) is 94.7 cm³/mol. The van der Waals surface area contributed by atoms with Gasteiger partial charge in [-0.05, 0) is 57.4 Å². The summed E-state index contributed by atoms with van der Waals surface area (Å²) in [5.41, 5.74) is 2.03. The summed E-state index contributed by atoms with van der Waals surface area (Å²) in [7, 11) is -2.75. The van der Waals surface area contributed by atoms with Crippen molar-refractivity contribution in [3.8, 4) is 0 Å². The average Bonchev–Trinajstić information content (AvgIpc) is 2.44. The summed E-state index contributed by atoms with van der Waals surface area (Å²) in [6.07, 6.45) is 6.44. The molecule has 1 N–H and O–H groups in total. The van der Waals surface area contributed by atoms with Gasteiger partial charge in [0.1, 0.15) is 0 Å². The molecule has 3 unspecified atom stereocenters. The van der Waals surface area contributed by atoms with Crippen molar-refractivity contribution in [3.63, 3.8) is 0 Å². The summed E-state index contributed by atoms with van der Waals surface area (Å²) >= 11 is 0. The van der Waals surface area contributed by atoms with Gasteiger partial charge in [0.05, 0.1) is 5.60 Å². The van der Waals surface area contributed by atoms with E-state index in [1.54, 1.807) is 0 Å². The third-order valence-corrected chi connectivity index (χ3v) is 15.6. The zero-order chi connectivity index (χ0) is 15.3. The molecule has 0 bridgehead atoms. The van der Waals surface area contributed by atoms with Crippen LogP contribution < -0.4 is 5.32 Å². The minimum absolute atomic E-state index is 0.0797. The van der Waals surface area contributed by atoms with E-state index in [2.05, 4.69) is 33.0 Å². The Bertz CT molecular complexity index is 321. The van der Waals surface area contributed by atoms with Crippen molar-refractivity contribution in [1.82, 2.24) is 5.32 Å². The molecule has 0 saturated carbocycles. The minimum Gasteiger partial charge on any atom is -0.420 e. The number of rotatable bonds is 6. The molecule has 0 aromatic heterocycles. The first-order valence-electron chi connectivity index (χ1n) is 9.06. The molecule has 2 fully saturated rings. The van der Waals surface area contributed by atoms with Crippen molar-refractivity contribution >= 4 is 17.4 Å². The van der Waals surface area contributed by atoms with Crippen molar-refractivity contribution in [3.05, 3.63) is 0 Å². The van der Waals surface area contributed by atoms with Gasteiger partial charge < -0.3 is 14.2 Å². The molecule has 0 radical (unpaired) electrons. The van der Waals surface area contributed by atoms with Gasteiger partial charge in [-0.2, -0.15) is 0 Å². The van der Waals surface area contributed by atoms with E-state index in [0.717, 1.165) is 13.2 Å². The molecule has 0 spiro atoms. The van der Waals surface area contributed by atoms with Crippen LogP contribution >= 0.6 is 0 Å². The maximum Gasteiger partial charge on any atom is 0.209 e. The van der Waals surface area contributed by atoms with Gasteiger partial charge >= 0.3 is 0 Å². The first-order chi connectivity index (χ1) is 10.0. The van der Waals surface area contributed by atoms with Crippen LogP contribution in [0.25, 0.3) is 0 Å². The van der Waals surface area contributed by atoms with E-state index in [1.165, 1.54) is 49.9 Å². The van der Waals surface area contributed by atoms with Crippen LogP contribution in [0.15, 0.2) is 0 Å². The number of hydrogen-bond acceptors (Lipinski definition) is 3. The van der Waals surface area contributed by atoms with E-state index in [1.807, 2.05) is 0 Å². The van der Waals surface area contributed by atoms with Crippen LogP contribution in [0, 0.1) is 0 Å². The average molecular weight is 330 g/mol. The topological polar surface area (TPSA) is 30.5 Å². The number of hydrogen-bond donors (Lipinski definition) is 1. The molecule has 0 aromatic rings. The van der Waals surface area contributed by atoms with E-state index in [9.17, 15) is 0 Å². The van der Waals surface area contributed by atoms with E-state index in [-0.39, 0.29) is 5.60 Å². The summed E-state index contributed by atoms with van der Waals surface area (Å²) < 4.78 is 13.1. The molecule has 2 heterocycles. The lowest BCUT2D eigenvalue weighted by Crippen LogP contribution is -2.63. The highest BCUT2D eigenvalue weighted by Gasteiger charge is 2.50. The van der Waals surface area contributed by atoms with Gasteiger partial charge in [-0.25, -0.2) is 0 Å². The van der Waals surface area contributed by atoms with Crippen LogP contribution in [0.5, 0.6) is 0 Å². The van der Waals surface area contributed by atoms with Crippen molar-refractivity contribution < 1.29 is 8.85 Å². The van der Waals surface area contributed by atoms with Crippen LogP contribution in [0.3, 0.4) is 0 Å². The van der Waals surface area contributed by atoms with Crippen LogP contribution in [0.1, 0.15) is 59.8 Å². The lowest BCUT2D eigenvalue weighted by atomic mass is 10.0. The molecule has 5 heteroatoms. The number of nitrogens with one attached hydrogen (secondary N) is 1. The predicted octanol–water partition coefficient (Wildman–Crippen LogP) is 3.52. The maximum atomic E-state index is 6.90. The summed E-state index contributed by atoms with van der Waals surface area (Å²) in [4.78, 5) is 0. The van der Waals surface area contributed by atoms with Crippen LogP contribution in [0.2, 0.25) is 17.8 Å². The highest BCUT2D eigenvalue weighted by Crippen LogP contribution is 2.39. The van der Waals surface area contributed by atoms with Crippen LogP contribution in [-0.2, 0) is 8.85 Å². The first kappa shape index (κ1) is 17.7. The second-order valence-corrected chi connectivity index (χ2v) is 14.8. The molecule has 2 saturated heterocycles. The molecule has 2 aliphatic rings. The summed E-state index contributed by atoms with van der Waals surface area (Å²) in [6, 6.07) is 2.72. The zero-order valence-electron chi connectivity index (χ0n) is 14.5. The van der Waals surface area contributed by atoms with Gasteiger partial charge in [0.15, 0.2) is 9.04 Å². The fourth-order valence-electron chi connectivity index (χ4n) is 4.30. The Balaban J connectivity index is 2.15. The van der Waals surface area contributed by atoms with Gasteiger partial charge in [-0.15, -0.1) is 0 Å². The second-order valence-electron chi connectivity index (χ2n) is 7.49. The van der Waals surface area contributed by atoms with Crippen LogP contribution in [0.4, 0.5) is 0 Å². The monoisotopic (exact) mass is 329 g/mol. The quantitative estimate of drug-likeness (QED) is 0.756. The molecular formula is C16H35NO2Si2. The third kappa shape index (κ3) is 4.64. The fourth-order valence-corrected chi connectivity index (χ4v) is 16.3. The van der Waals surface area contributed by atoms with Gasteiger partial charge in [0, 0.05) is 12.3 Å². The molecule has 2 aliphatic heterocycles. The molecule has 0 aromatic carbocycles. The summed E-state index contributed by atoms with van der Waals surface area (Å²) in [5.74, 6) is 0. The molecule has 0 amide bonds. The fraction of sp³-hybridized carbons (Fsp3) is 1.00. The Morgan fingerprint density at radius 1 is 1.24 bits per heavy atom. The van der Waals surface area contributed by atoms with E-state index in [4.69, 9.17) is 8.85 Å². The Morgan fingerprint density at radius 3 is 2.62 bits per heavy atom. The highest BCUT2D eigenvalue weighted by atomic mass is 28.4. The molecule has 2 rings (SSSR count). The zero-order valence-corrected chi connectivity index (χ0v) is 16.7. The molecule has 3 nitrogen and oxygen atoms in total. The van der Waals surface area contributed by atoms with Crippen LogP contribution in [-0.4, -0.2) is 41.8 Å². The smallest absolute Gasteiger partial charge is 0.209 e.